The molecule has 5 aromatic rings. The minimum absolute atomic E-state index is 0.112. The smallest absolute Gasteiger partial charge is 0.410 e. The summed E-state index contributed by atoms with van der Waals surface area (Å²) in [7, 11) is -4.91. The zero-order valence-electron chi connectivity index (χ0n) is 15.4. The number of hydrogen-bond donors (Lipinski definition) is 4. The summed E-state index contributed by atoms with van der Waals surface area (Å²) in [5, 5.41) is 35.0. The highest BCUT2D eigenvalue weighted by Gasteiger charge is 2.25. The van der Waals surface area contributed by atoms with E-state index in [2.05, 4.69) is 20.6 Å². The van der Waals surface area contributed by atoms with E-state index >= 15 is 0 Å². The van der Waals surface area contributed by atoms with Gasteiger partial charge >= 0.3 is 7.82 Å². The standard InChI is InChI=1S/C18H13N6O6P/c25-23-13-7-1-5-11(17(13)19-21-23)10-4-3-9-15(30-31(27,28)29)16(10)12-6-2-8-14-18(12)20-22-24(14)26/h1-9,25-26H,(H2,27,28,29). The Bertz CT molecular complexity index is 1510. The van der Waals surface area contributed by atoms with Crippen LogP contribution in [-0.2, 0) is 4.57 Å². The molecule has 0 atom stereocenters. The highest BCUT2D eigenvalue weighted by Crippen LogP contribution is 2.47. The van der Waals surface area contributed by atoms with E-state index in [1.807, 2.05) is 0 Å². The molecule has 0 amide bonds. The summed E-state index contributed by atoms with van der Waals surface area (Å²) >= 11 is 0. The summed E-state index contributed by atoms with van der Waals surface area (Å²) in [5.74, 6) is -0.112. The van der Waals surface area contributed by atoms with Crippen LogP contribution in [0.5, 0.6) is 5.75 Å². The Hall–Kier alpha value is -3.99. The second-order valence-corrected chi connectivity index (χ2v) is 7.73. The predicted octanol–water partition coefficient (Wildman–Crippen LogP) is 2.46. The molecule has 156 valence electrons. The van der Waals surface area contributed by atoms with Gasteiger partial charge in [0.15, 0.2) is 0 Å². The average molecular weight is 440 g/mol. The first kappa shape index (κ1) is 19.0. The first-order valence-electron chi connectivity index (χ1n) is 8.80. The molecule has 0 saturated heterocycles. The quantitative estimate of drug-likeness (QED) is 0.240. The van der Waals surface area contributed by atoms with Crippen LogP contribution in [0.2, 0.25) is 0 Å². The summed E-state index contributed by atoms with van der Waals surface area (Å²) in [6, 6.07) is 14.6. The van der Waals surface area contributed by atoms with Gasteiger partial charge in [0.1, 0.15) is 27.8 Å². The molecule has 0 aliphatic heterocycles. The van der Waals surface area contributed by atoms with Crippen LogP contribution in [0, 0.1) is 0 Å². The third-order valence-electron chi connectivity index (χ3n) is 4.72. The van der Waals surface area contributed by atoms with Gasteiger partial charge in [-0.05, 0) is 34.2 Å². The molecule has 0 aliphatic rings. The van der Waals surface area contributed by atoms with Crippen LogP contribution in [0.4, 0.5) is 0 Å². The normalized spacial score (nSPS) is 11.9. The van der Waals surface area contributed by atoms with Crippen molar-refractivity contribution in [2.45, 2.75) is 0 Å². The fraction of sp³-hybridized carbons (Fsp3) is 0. The number of hydrogen-bond acceptors (Lipinski definition) is 8. The maximum atomic E-state index is 11.7. The van der Waals surface area contributed by atoms with E-state index in [9.17, 15) is 24.8 Å². The zero-order chi connectivity index (χ0) is 21.8. The fourth-order valence-electron chi connectivity index (χ4n) is 3.52. The first-order valence-corrected chi connectivity index (χ1v) is 10.3. The van der Waals surface area contributed by atoms with Gasteiger partial charge in [-0.15, -0.1) is 10.2 Å². The van der Waals surface area contributed by atoms with Gasteiger partial charge in [0.2, 0.25) is 0 Å². The van der Waals surface area contributed by atoms with E-state index in [0.717, 1.165) is 0 Å². The van der Waals surface area contributed by atoms with Crippen molar-refractivity contribution in [3.8, 4) is 28.0 Å². The Kier molecular flexibility index (Phi) is 4.15. The molecule has 0 fully saturated rings. The Morgan fingerprint density at radius 1 is 0.742 bits per heavy atom. The van der Waals surface area contributed by atoms with Crippen molar-refractivity contribution in [3.63, 3.8) is 0 Å². The topological polar surface area (TPSA) is 169 Å². The van der Waals surface area contributed by atoms with Crippen LogP contribution in [0.3, 0.4) is 0 Å². The monoisotopic (exact) mass is 440 g/mol. The number of phosphoric ester groups is 1. The molecule has 0 aliphatic carbocycles. The SMILES string of the molecule is O=P(O)(O)Oc1cccc(-c2cccc3c2nnn3O)c1-c1cccc2c1nnn2O. The first-order chi connectivity index (χ1) is 14.8. The van der Waals surface area contributed by atoms with Crippen LogP contribution in [0.1, 0.15) is 0 Å². The van der Waals surface area contributed by atoms with E-state index in [1.165, 1.54) is 6.07 Å². The zero-order valence-corrected chi connectivity index (χ0v) is 16.3. The molecule has 2 aromatic heterocycles. The van der Waals surface area contributed by atoms with Gasteiger partial charge in [0.25, 0.3) is 0 Å². The van der Waals surface area contributed by atoms with Crippen LogP contribution >= 0.6 is 7.82 Å². The van der Waals surface area contributed by atoms with Crippen molar-refractivity contribution in [1.29, 1.82) is 0 Å². The molecule has 0 unspecified atom stereocenters. The molecule has 13 heteroatoms. The summed E-state index contributed by atoms with van der Waals surface area (Å²) in [6.07, 6.45) is 0. The number of fused-ring (bicyclic) bond motifs is 2. The van der Waals surface area contributed by atoms with E-state index in [4.69, 9.17) is 4.52 Å². The number of aromatic nitrogens is 6. The van der Waals surface area contributed by atoms with Crippen molar-refractivity contribution in [3.05, 3.63) is 54.6 Å². The molecular weight excluding hydrogens is 427 g/mol. The second kappa shape index (κ2) is 6.77. The summed E-state index contributed by atoms with van der Waals surface area (Å²) in [6.45, 7) is 0. The predicted molar refractivity (Wildman–Crippen MR) is 107 cm³/mol. The largest absolute Gasteiger partial charge is 0.524 e. The average Bonchev–Trinajstić information content (AvgIpc) is 3.30. The van der Waals surface area contributed by atoms with E-state index in [-0.39, 0.29) is 22.3 Å². The van der Waals surface area contributed by atoms with Gasteiger partial charge in [-0.2, -0.15) is 0 Å². The molecule has 4 N–H and O–H groups in total. The molecule has 2 heterocycles. The van der Waals surface area contributed by atoms with E-state index < -0.39 is 7.82 Å². The summed E-state index contributed by atoms with van der Waals surface area (Å²) in [5.41, 5.74) is 2.97. The van der Waals surface area contributed by atoms with Crippen molar-refractivity contribution in [2.75, 3.05) is 0 Å². The van der Waals surface area contributed by atoms with E-state index in [1.54, 1.807) is 48.5 Å². The van der Waals surface area contributed by atoms with E-state index in [0.29, 0.717) is 37.4 Å². The molecule has 5 rings (SSSR count). The molecule has 0 saturated carbocycles. The number of benzene rings is 3. The van der Waals surface area contributed by atoms with Crippen LogP contribution in [0.25, 0.3) is 44.3 Å². The third kappa shape index (κ3) is 3.15. The van der Waals surface area contributed by atoms with Gasteiger partial charge in [0, 0.05) is 16.7 Å². The summed E-state index contributed by atoms with van der Waals surface area (Å²) < 4.78 is 16.6. The fourth-order valence-corrected chi connectivity index (χ4v) is 3.93. The van der Waals surface area contributed by atoms with Crippen LogP contribution in [0.15, 0.2) is 54.6 Å². The van der Waals surface area contributed by atoms with Crippen LogP contribution < -0.4 is 4.52 Å². The van der Waals surface area contributed by atoms with Gasteiger partial charge in [0.05, 0.1) is 0 Å². The number of phosphoric acid groups is 1. The lowest BCUT2D eigenvalue weighted by molar-refractivity contribution is 0.154. The lowest BCUT2D eigenvalue weighted by atomic mass is 9.92. The van der Waals surface area contributed by atoms with Gasteiger partial charge in [-0.25, -0.2) is 4.57 Å². The van der Waals surface area contributed by atoms with Gasteiger partial charge in [-0.1, -0.05) is 46.1 Å². The van der Waals surface area contributed by atoms with Gasteiger partial charge < -0.3 is 14.9 Å². The number of nitrogens with zero attached hydrogens (tertiary/aromatic N) is 6. The molecule has 0 spiro atoms. The third-order valence-corrected chi connectivity index (χ3v) is 5.16. The Labute approximate surface area is 172 Å². The lowest BCUT2D eigenvalue weighted by Gasteiger charge is -2.17. The molecule has 31 heavy (non-hydrogen) atoms. The van der Waals surface area contributed by atoms with Crippen molar-refractivity contribution in [1.82, 2.24) is 30.3 Å². The Morgan fingerprint density at radius 2 is 1.26 bits per heavy atom. The minimum atomic E-state index is -4.91. The molecule has 0 radical (unpaired) electrons. The lowest BCUT2D eigenvalue weighted by Crippen LogP contribution is -1.96. The molecule has 3 aromatic carbocycles. The molecule has 12 nitrogen and oxygen atoms in total. The second-order valence-electron chi connectivity index (χ2n) is 6.56. The summed E-state index contributed by atoms with van der Waals surface area (Å²) in [4.78, 5) is 20.1. The van der Waals surface area contributed by atoms with Gasteiger partial charge in [-0.3, -0.25) is 9.79 Å². The molecular formula is C18H13N6O6P. The Morgan fingerprint density at radius 3 is 1.87 bits per heavy atom. The van der Waals surface area contributed by atoms with Crippen molar-refractivity contribution < 1.29 is 29.3 Å². The Balaban J connectivity index is 1.88. The molecule has 0 bridgehead atoms. The van der Waals surface area contributed by atoms with Crippen molar-refractivity contribution >= 4 is 29.9 Å². The van der Waals surface area contributed by atoms with Crippen LogP contribution in [-0.4, -0.2) is 50.5 Å². The maximum absolute atomic E-state index is 11.7. The highest BCUT2D eigenvalue weighted by atomic mass is 31.2. The van der Waals surface area contributed by atoms with Crippen molar-refractivity contribution in [2.24, 2.45) is 0 Å². The minimum Gasteiger partial charge on any atom is -0.410 e. The maximum Gasteiger partial charge on any atom is 0.524 e. The highest BCUT2D eigenvalue weighted by molar-refractivity contribution is 7.46. The number of rotatable bonds is 4.